The third-order valence-electron chi connectivity index (χ3n) is 4.34. The first-order valence-electron chi connectivity index (χ1n) is 8.96. The van der Waals surface area contributed by atoms with Gasteiger partial charge in [-0.1, -0.05) is 30.3 Å². The van der Waals surface area contributed by atoms with Gasteiger partial charge in [-0.25, -0.2) is 18.9 Å². The van der Waals surface area contributed by atoms with E-state index in [1.807, 2.05) is 5.32 Å². The molecule has 1 aromatic heterocycles. The van der Waals surface area contributed by atoms with Crippen LogP contribution < -0.4 is 15.0 Å². The molecule has 1 fully saturated rings. The molecule has 0 spiro atoms. The zero-order valence-electron chi connectivity index (χ0n) is 15.7. The fourth-order valence-corrected chi connectivity index (χ4v) is 2.90. The molecule has 2 heterocycles. The Morgan fingerprint density at radius 3 is 2.48 bits per heavy atom. The topological polar surface area (TPSA) is 106 Å². The van der Waals surface area contributed by atoms with Gasteiger partial charge in [0.1, 0.15) is 17.1 Å². The Morgan fingerprint density at radius 2 is 1.74 bits per heavy atom. The normalized spacial score (nSPS) is 15.2. The standard InChI is InChI=1S/C22H13FN2O6/c23-15-7-2-3-8-16(15)25-20(27)14(19(26)24-22(25)29)12-13-6-1-4-9-17(13)31-21(28)18-10-5-11-30-18/h1-12H,(H,24,26,29)/b14-12-. The predicted octanol–water partition coefficient (Wildman–Crippen LogP) is 3.30. The summed E-state index contributed by atoms with van der Waals surface area (Å²) < 4.78 is 24.5. The number of hydrogen-bond acceptors (Lipinski definition) is 6. The van der Waals surface area contributed by atoms with Gasteiger partial charge >= 0.3 is 12.0 Å². The van der Waals surface area contributed by atoms with Crippen LogP contribution in [0, 0.1) is 5.82 Å². The van der Waals surface area contributed by atoms with Gasteiger partial charge in [0.2, 0.25) is 5.76 Å². The van der Waals surface area contributed by atoms with E-state index in [2.05, 4.69) is 0 Å². The minimum absolute atomic E-state index is 0.0368. The number of amides is 4. The first-order valence-corrected chi connectivity index (χ1v) is 8.96. The maximum absolute atomic E-state index is 14.2. The number of anilines is 1. The lowest BCUT2D eigenvalue weighted by atomic mass is 10.1. The molecule has 31 heavy (non-hydrogen) atoms. The molecule has 154 valence electrons. The van der Waals surface area contributed by atoms with Gasteiger partial charge in [0, 0.05) is 5.56 Å². The molecular weight excluding hydrogens is 407 g/mol. The van der Waals surface area contributed by atoms with Gasteiger partial charge in [0.05, 0.1) is 12.0 Å². The first-order chi connectivity index (χ1) is 15.0. The van der Waals surface area contributed by atoms with Crippen LogP contribution >= 0.6 is 0 Å². The number of barbiturate groups is 1. The summed E-state index contributed by atoms with van der Waals surface area (Å²) in [6.45, 7) is 0. The van der Waals surface area contributed by atoms with E-state index in [1.54, 1.807) is 12.1 Å². The average Bonchev–Trinajstić information content (AvgIpc) is 3.28. The van der Waals surface area contributed by atoms with Crippen LogP contribution in [-0.2, 0) is 9.59 Å². The van der Waals surface area contributed by atoms with Crippen molar-refractivity contribution in [3.8, 4) is 5.75 Å². The minimum atomic E-state index is -1.07. The summed E-state index contributed by atoms with van der Waals surface area (Å²) in [7, 11) is 0. The van der Waals surface area contributed by atoms with Crippen LogP contribution in [0.4, 0.5) is 14.9 Å². The van der Waals surface area contributed by atoms with Crippen molar-refractivity contribution in [3.05, 3.63) is 89.6 Å². The molecule has 0 bridgehead atoms. The Balaban J connectivity index is 1.70. The van der Waals surface area contributed by atoms with Gasteiger partial charge in [0.25, 0.3) is 11.8 Å². The van der Waals surface area contributed by atoms with Crippen molar-refractivity contribution in [2.45, 2.75) is 0 Å². The number of rotatable bonds is 4. The van der Waals surface area contributed by atoms with Crippen LogP contribution in [0.15, 0.2) is 76.9 Å². The molecular formula is C22H13FN2O6. The molecule has 0 saturated carbocycles. The molecule has 2 aromatic carbocycles. The molecule has 1 N–H and O–H groups in total. The molecule has 4 rings (SSSR count). The van der Waals surface area contributed by atoms with Gasteiger partial charge < -0.3 is 9.15 Å². The van der Waals surface area contributed by atoms with E-state index in [4.69, 9.17) is 9.15 Å². The predicted molar refractivity (Wildman–Crippen MR) is 106 cm³/mol. The summed E-state index contributed by atoms with van der Waals surface area (Å²) in [4.78, 5) is 50.2. The van der Waals surface area contributed by atoms with E-state index in [-0.39, 0.29) is 22.8 Å². The number of ether oxygens (including phenoxy) is 1. The first kappa shape index (κ1) is 19.8. The van der Waals surface area contributed by atoms with Crippen LogP contribution in [0.1, 0.15) is 16.1 Å². The third kappa shape index (κ3) is 3.84. The van der Waals surface area contributed by atoms with Crippen LogP contribution in [-0.4, -0.2) is 23.8 Å². The van der Waals surface area contributed by atoms with E-state index in [0.29, 0.717) is 4.90 Å². The zero-order valence-corrected chi connectivity index (χ0v) is 15.7. The van der Waals surface area contributed by atoms with Crippen molar-refractivity contribution in [2.24, 2.45) is 0 Å². The van der Waals surface area contributed by atoms with Gasteiger partial charge in [-0.05, 0) is 36.4 Å². The summed E-state index contributed by atoms with van der Waals surface area (Å²) in [5, 5.41) is 2.01. The zero-order chi connectivity index (χ0) is 22.0. The molecule has 1 saturated heterocycles. The highest BCUT2D eigenvalue weighted by Crippen LogP contribution is 2.27. The van der Waals surface area contributed by atoms with Crippen LogP contribution in [0.25, 0.3) is 6.08 Å². The molecule has 4 amide bonds. The third-order valence-corrected chi connectivity index (χ3v) is 4.34. The quantitative estimate of drug-likeness (QED) is 0.300. The number of furan rings is 1. The number of urea groups is 1. The van der Waals surface area contributed by atoms with Crippen molar-refractivity contribution in [1.29, 1.82) is 0 Å². The highest BCUT2D eigenvalue weighted by atomic mass is 19.1. The van der Waals surface area contributed by atoms with E-state index in [9.17, 15) is 23.6 Å². The molecule has 0 atom stereocenters. The summed E-state index contributed by atoms with van der Waals surface area (Å²) in [6.07, 6.45) is 2.46. The summed E-state index contributed by atoms with van der Waals surface area (Å²) in [5.74, 6) is -3.57. The second-order valence-corrected chi connectivity index (χ2v) is 6.31. The van der Waals surface area contributed by atoms with Crippen molar-refractivity contribution in [3.63, 3.8) is 0 Å². The Morgan fingerprint density at radius 1 is 1.00 bits per heavy atom. The van der Waals surface area contributed by atoms with E-state index in [1.165, 1.54) is 48.7 Å². The molecule has 9 heteroatoms. The summed E-state index contributed by atoms with van der Waals surface area (Å²) >= 11 is 0. The largest absolute Gasteiger partial charge is 0.457 e. The second-order valence-electron chi connectivity index (χ2n) is 6.31. The number of nitrogens with zero attached hydrogens (tertiary/aromatic N) is 1. The number of para-hydroxylation sites is 2. The molecule has 0 aliphatic carbocycles. The fourth-order valence-electron chi connectivity index (χ4n) is 2.90. The van der Waals surface area contributed by atoms with Crippen molar-refractivity contribution < 1.29 is 32.7 Å². The minimum Gasteiger partial charge on any atom is -0.457 e. The van der Waals surface area contributed by atoms with Crippen LogP contribution in [0.2, 0.25) is 0 Å². The Labute approximate surface area is 174 Å². The number of esters is 1. The molecule has 0 radical (unpaired) electrons. The summed E-state index contributed by atoms with van der Waals surface area (Å²) in [5.41, 5.74) is -0.533. The lowest BCUT2D eigenvalue weighted by Crippen LogP contribution is -2.54. The van der Waals surface area contributed by atoms with Crippen LogP contribution in [0.3, 0.4) is 0 Å². The molecule has 8 nitrogen and oxygen atoms in total. The van der Waals surface area contributed by atoms with E-state index in [0.717, 1.165) is 12.1 Å². The number of hydrogen-bond donors (Lipinski definition) is 1. The molecule has 0 unspecified atom stereocenters. The van der Waals surface area contributed by atoms with Crippen molar-refractivity contribution >= 4 is 35.6 Å². The lowest BCUT2D eigenvalue weighted by Gasteiger charge is -2.26. The number of carbonyl (C=O) groups is 4. The van der Waals surface area contributed by atoms with Gasteiger partial charge in [-0.3, -0.25) is 14.9 Å². The smallest absolute Gasteiger partial charge is 0.379 e. The van der Waals surface area contributed by atoms with Crippen LogP contribution in [0.5, 0.6) is 5.75 Å². The number of halogens is 1. The lowest BCUT2D eigenvalue weighted by molar-refractivity contribution is -0.122. The number of carbonyl (C=O) groups excluding carboxylic acids is 4. The molecule has 1 aliphatic rings. The maximum atomic E-state index is 14.2. The average molecular weight is 420 g/mol. The Kier molecular flexibility index (Phi) is 5.15. The second kappa shape index (κ2) is 8.07. The number of benzene rings is 2. The van der Waals surface area contributed by atoms with E-state index >= 15 is 0 Å². The number of nitrogens with one attached hydrogen (secondary N) is 1. The van der Waals surface area contributed by atoms with Gasteiger partial charge in [-0.2, -0.15) is 0 Å². The molecule has 1 aliphatic heterocycles. The van der Waals surface area contributed by atoms with Crippen molar-refractivity contribution in [2.75, 3.05) is 4.90 Å². The number of imide groups is 2. The fraction of sp³-hybridized carbons (Fsp3) is 0. The highest BCUT2D eigenvalue weighted by Gasteiger charge is 2.38. The van der Waals surface area contributed by atoms with Gasteiger partial charge in [0.15, 0.2) is 0 Å². The highest BCUT2D eigenvalue weighted by molar-refractivity contribution is 6.39. The van der Waals surface area contributed by atoms with E-state index < -0.39 is 35.2 Å². The molecule has 3 aromatic rings. The summed E-state index contributed by atoms with van der Waals surface area (Å²) in [6, 6.07) is 13.2. The monoisotopic (exact) mass is 420 g/mol. The maximum Gasteiger partial charge on any atom is 0.379 e. The Bertz CT molecular complexity index is 1230. The van der Waals surface area contributed by atoms with Crippen molar-refractivity contribution in [1.82, 2.24) is 5.32 Å². The SMILES string of the molecule is O=C1NC(=O)N(c2ccccc2F)C(=O)/C1=C\c1ccccc1OC(=O)c1ccco1. The van der Waals surface area contributed by atoms with Gasteiger partial charge in [-0.15, -0.1) is 0 Å². The Hall–Kier alpha value is -4.53.